The third kappa shape index (κ3) is 1.59. The first-order valence-corrected chi connectivity index (χ1v) is 6.52. The molecule has 0 aliphatic carbocycles. The van der Waals surface area contributed by atoms with Gasteiger partial charge in [-0.2, -0.15) is 5.01 Å². The highest BCUT2D eigenvalue weighted by molar-refractivity contribution is 8.14. The maximum atomic E-state index is 11.8. The number of nitrogens with one attached hydrogen (secondary N) is 3. The van der Waals surface area contributed by atoms with E-state index in [1.807, 2.05) is 19.1 Å². The molecule has 3 fully saturated rings. The number of carbonyl (C=O) groups excluding carboxylic acids is 1. The number of hydrogen-bond acceptors (Lipinski definition) is 7. The van der Waals surface area contributed by atoms with Crippen molar-refractivity contribution in [2.24, 2.45) is 5.92 Å². The Balaban J connectivity index is 1.79. The van der Waals surface area contributed by atoms with E-state index in [1.165, 1.54) is 11.8 Å². The Hall–Kier alpha value is -0.180. The summed E-state index contributed by atoms with van der Waals surface area (Å²) < 4.78 is 0. The first-order valence-electron chi connectivity index (χ1n) is 5.54. The highest BCUT2D eigenvalue weighted by Gasteiger charge is 2.49. The van der Waals surface area contributed by atoms with Gasteiger partial charge >= 0.3 is 0 Å². The van der Waals surface area contributed by atoms with E-state index < -0.39 is 0 Å². The molecule has 0 amide bonds. The summed E-state index contributed by atoms with van der Waals surface area (Å²) in [5.41, 5.74) is 3.35. The molecule has 3 heterocycles. The fraction of sp³-hybridized carbons (Fsp3) is 0.889. The molecule has 3 aliphatic rings. The molecule has 0 aromatic carbocycles. The molecule has 0 aromatic heterocycles. The Morgan fingerprint density at radius 1 is 1.50 bits per heavy atom. The minimum absolute atomic E-state index is 0.0219. The maximum Gasteiger partial charge on any atom is 0.207 e. The van der Waals surface area contributed by atoms with Crippen LogP contribution in [0.2, 0.25) is 0 Å². The minimum atomic E-state index is 0.0219. The molecule has 0 saturated carbocycles. The Labute approximate surface area is 99.1 Å². The second-order valence-electron chi connectivity index (χ2n) is 4.71. The van der Waals surface area contributed by atoms with Crippen molar-refractivity contribution in [3.05, 3.63) is 0 Å². The van der Waals surface area contributed by atoms with Gasteiger partial charge < -0.3 is 0 Å². The van der Waals surface area contributed by atoms with Gasteiger partial charge in [-0.15, -0.1) is 0 Å². The van der Waals surface area contributed by atoms with E-state index in [1.54, 1.807) is 0 Å². The van der Waals surface area contributed by atoms with E-state index in [4.69, 9.17) is 0 Å². The van der Waals surface area contributed by atoms with Crippen LogP contribution < -0.4 is 16.1 Å². The van der Waals surface area contributed by atoms with Crippen LogP contribution in [-0.2, 0) is 4.79 Å². The van der Waals surface area contributed by atoms with E-state index in [0.717, 1.165) is 12.3 Å². The van der Waals surface area contributed by atoms with Crippen LogP contribution >= 0.6 is 11.8 Å². The summed E-state index contributed by atoms with van der Waals surface area (Å²) in [6.45, 7) is 0.916. The molecular weight excluding hydrogens is 226 g/mol. The number of hydrazine groups is 1. The van der Waals surface area contributed by atoms with E-state index >= 15 is 0 Å². The number of fused-ring (bicyclic) bond motifs is 3. The lowest BCUT2D eigenvalue weighted by Crippen LogP contribution is -2.63. The molecule has 3 rings (SSSR count). The van der Waals surface area contributed by atoms with Gasteiger partial charge in [0.1, 0.15) is 18.6 Å². The third-order valence-corrected chi connectivity index (χ3v) is 4.50. The van der Waals surface area contributed by atoms with Crippen molar-refractivity contribution in [1.29, 1.82) is 0 Å². The normalized spacial score (nSPS) is 43.8. The lowest BCUT2D eigenvalue weighted by molar-refractivity contribution is -0.120. The average molecular weight is 243 g/mol. The van der Waals surface area contributed by atoms with Crippen LogP contribution in [-0.4, -0.2) is 60.0 Å². The summed E-state index contributed by atoms with van der Waals surface area (Å²) in [6, 6.07) is 0.0219. The zero-order valence-electron chi connectivity index (χ0n) is 9.43. The SMILES string of the molecule is CN(C)C1NC2NCC3CSC(=O)C3N2N1. The minimum Gasteiger partial charge on any atom is -0.288 e. The van der Waals surface area contributed by atoms with E-state index in [2.05, 4.69) is 21.0 Å². The quantitative estimate of drug-likeness (QED) is 0.512. The van der Waals surface area contributed by atoms with Gasteiger partial charge in [0.05, 0.1) is 0 Å². The molecule has 0 spiro atoms. The molecule has 3 aliphatic heterocycles. The Morgan fingerprint density at radius 2 is 2.31 bits per heavy atom. The van der Waals surface area contributed by atoms with Crippen molar-refractivity contribution in [1.82, 2.24) is 26.0 Å². The summed E-state index contributed by atoms with van der Waals surface area (Å²) in [5, 5.41) is 9.15. The van der Waals surface area contributed by atoms with Crippen molar-refractivity contribution in [2.45, 2.75) is 18.6 Å². The number of carbonyl (C=O) groups is 1. The molecular formula is C9H17N5OS. The van der Waals surface area contributed by atoms with Gasteiger partial charge in [-0.1, -0.05) is 11.8 Å². The molecule has 90 valence electrons. The Kier molecular flexibility index (Phi) is 2.69. The molecule has 0 radical (unpaired) electrons. The highest BCUT2D eigenvalue weighted by atomic mass is 32.2. The van der Waals surface area contributed by atoms with Crippen LogP contribution in [0.3, 0.4) is 0 Å². The number of nitrogens with zero attached hydrogens (tertiary/aromatic N) is 2. The van der Waals surface area contributed by atoms with Crippen molar-refractivity contribution in [3.8, 4) is 0 Å². The molecule has 3 N–H and O–H groups in total. The molecule has 0 bridgehead atoms. The van der Waals surface area contributed by atoms with E-state index in [0.29, 0.717) is 11.0 Å². The van der Waals surface area contributed by atoms with Gasteiger partial charge in [0.15, 0.2) is 0 Å². The smallest absolute Gasteiger partial charge is 0.207 e. The fourth-order valence-electron chi connectivity index (χ4n) is 2.48. The Morgan fingerprint density at radius 3 is 3.06 bits per heavy atom. The first-order chi connectivity index (χ1) is 7.66. The van der Waals surface area contributed by atoms with Crippen LogP contribution in [0.15, 0.2) is 0 Å². The van der Waals surface area contributed by atoms with Gasteiger partial charge in [-0.25, -0.2) is 5.43 Å². The van der Waals surface area contributed by atoms with Gasteiger partial charge in [-0.05, 0) is 14.1 Å². The van der Waals surface area contributed by atoms with Crippen LogP contribution in [0.1, 0.15) is 0 Å². The molecule has 3 saturated heterocycles. The van der Waals surface area contributed by atoms with Crippen LogP contribution in [0.5, 0.6) is 0 Å². The average Bonchev–Trinajstić information content (AvgIpc) is 2.81. The summed E-state index contributed by atoms with van der Waals surface area (Å²) in [4.78, 5) is 13.9. The molecule has 7 heteroatoms. The standard InChI is InChI=1S/C9H17N5OS/c1-13(2)9-11-8-10-3-5-4-16-7(15)6(5)14(8)12-9/h5-6,8-12H,3-4H2,1-2H3. The Bertz CT molecular complexity index is 312. The monoisotopic (exact) mass is 243 g/mol. The van der Waals surface area contributed by atoms with Crippen molar-refractivity contribution < 1.29 is 4.79 Å². The fourth-order valence-corrected chi connectivity index (χ4v) is 3.63. The number of rotatable bonds is 1. The van der Waals surface area contributed by atoms with Gasteiger partial charge in [0, 0.05) is 18.2 Å². The molecule has 6 nitrogen and oxygen atoms in total. The number of thioether (sulfide) groups is 1. The topological polar surface area (TPSA) is 59.6 Å². The van der Waals surface area contributed by atoms with Crippen molar-refractivity contribution >= 4 is 16.9 Å². The zero-order chi connectivity index (χ0) is 11.3. The van der Waals surface area contributed by atoms with Crippen molar-refractivity contribution in [2.75, 3.05) is 26.4 Å². The van der Waals surface area contributed by atoms with E-state index in [-0.39, 0.29) is 18.6 Å². The van der Waals surface area contributed by atoms with Gasteiger partial charge in [-0.3, -0.25) is 20.3 Å². The zero-order valence-corrected chi connectivity index (χ0v) is 10.3. The molecule has 4 atom stereocenters. The number of hydrogen-bond donors (Lipinski definition) is 3. The maximum absolute atomic E-state index is 11.8. The predicted octanol–water partition coefficient (Wildman–Crippen LogP) is -1.61. The summed E-state index contributed by atoms with van der Waals surface area (Å²) in [5.74, 6) is 1.37. The van der Waals surface area contributed by atoms with Crippen LogP contribution in [0.4, 0.5) is 0 Å². The molecule has 16 heavy (non-hydrogen) atoms. The first kappa shape index (κ1) is 10.9. The summed E-state index contributed by atoms with van der Waals surface area (Å²) >= 11 is 1.46. The predicted molar refractivity (Wildman–Crippen MR) is 62.1 cm³/mol. The third-order valence-electron chi connectivity index (χ3n) is 3.38. The second-order valence-corrected chi connectivity index (χ2v) is 5.74. The lowest BCUT2D eigenvalue weighted by Gasteiger charge is -2.37. The molecule has 0 aromatic rings. The van der Waals surface area contributed by atoms with Gasteiger partial charge in [0.25, 0.3) is 0 Å². The van der Waals surface area contributed by atoms with Crippen LogP contribution in [0, 0.1) is 5.92 Å². The summed E-state index contributed by atoms with van der Waals surface area (Å²) in [6.07, 6.45) is 0.158. The van der Waals surface area contributed by atoms with Gasteiger partial charge in [0.2, 0.25) is 5.12 Å². The summed E-state index contributed by atoms with van der Waals surface area (Å²) in [7, 11) is 4.01. The molecule has 4 unspecified atom stereocenters. The largest absolute Gasteiger partial charge is 0.288 e. The lowest BCUT2D eigenvalue weighted by atomic mass is 10.0. The van der Waals surface area contributed by atoms with Crippen molar-refractivity contribution in [3.63, 3.8) is 0 Å². The van der Waals surface area contributed by atoms with E-state index in [9.17, 15) is 4.79 Å². The second kappa shape index (κ2) is 3.94. The highest BCUT2D eigenvalue weighted by Crippen LogP contribution is 2.32. The van der Waals surface area contributed by atoms with Crippen LogP contribution in [0.25, 0.3) is 0 Å².